The third kappa shape index (κ3) is 4.80. The first-order valence-corrected chi connectivity index (χ1v) is 10.9. The van der Waals surface area contributed by atoms with Crippen molar-refractivity contribution < 1.29 is 19.4 Å². The summed E-state index contributed by atoms with van der Waals surface area (Å²) < 4.78 is 5.78. The molecule has 1 atom stereocenters. The molecular weight excluding hydrogens is 416 g/mol. The molecule has 1 fully saturated rings. The first kappa shape index (κ1) is 22.3. The monoisotopic (exact) mass is 442 g/mol. The maximum Gasteiger partial charge on any atom is 0.295 e. The molecule has 1 saturated heterocycles. The van der Waals surface area contributed by atoms with Gasteiger partial charge in [0.05, 0.1) is 18.2 Å². The Morgan fingerprint density at radius 1 is 1.06 bits per heavy atom. The third-order valence-corrected chi connectivity index (χ3v) is 5.42. The van der Waals surface area contributed by atoms with Crippen LogP contribution >= 0.6 is 0 Å². The number of aliphatic hydroxyl groups excluding tert-OH is 1. The number of benzene rings is 2. The number of carbonyl (C=O) groups is 2. The number of Topliss-reactive ketones (excluding diaryl/α,β-unsaturated/α-hetero) is 1. The van der Waals surface area contributed by atoms with E-state index in [1.807, 2.05) is 50.2 Å². The number of rotatable bonds is 7. The Kier molecular flexibility index (Phi) is 6.54. The minimum atomic E-state index is -0.716. The SMILES string of the molecule is CC(C)COc1cccc(/C(O)=C2/C(=O)C(=O)N(Cc3cccnc3)C2c2ccccc2)c1. The fraction of sp³-hybridized carbons (Fsp3) is 0.222. The van der Waals surface area contributed by atoms with Crippen LogP contribution < -0.4 is 4.74 Å². The second kappa shape index (κ2) is 9.69. The number of nitrogens with zero attached hydrogens (tertiary/aromatic N) is 2. The molecule has 6 nitrogen and oxygen atoms in total. The van der Waals surface area contributed by atoms with Gasteiger partial charge < -0.3 is 14.7 Å². The average Bonchev–Trinajstić information content (AvgIpc) is 3.08. The number of amides is 1. The van der Waals surface area contributed by atoms with Crippen molar-refractivity contribution in [3.63, 3.8) is 0 Å². The molecule has 1 amide bonds. The van der Waals surface area contributed by atoms with Gasteiger partial charge in [0.1, 0.15) is 11.5 Å². The number of hydrogen-bond acceptors (Lipinski definition) is 5. The first-order valence-electron chi connectivity index (χ1n) is 10.9. The Balaban J connectivity index is 1.78. The summed E-state index contributed by atoms with van der Waals surface area (Å²) in [6.45, 7) is 4.83. The van der Waals surface area contributed by atoms with Crippen LogP contribution in [0.3, 0.4) is 0 Å². The smallest absolute Gasteiger partial charge is 0.295 e. The standard InChI is InChI=1S/C27H26N2O4/c1-18(2)17-33-22-12-6-11-21(14-22)25(30)23-24(20-9-4-3-5-10-20)29(27(32)26(23)31)16-19-8-7-13-28-15-19/h3-15,18,24,30H,16-17H2,1-2H3/b25-23-. The van der Waals surface area contributed by atoms with Gasteiger partial charge in [-0.15, -0.1) is 0 Å². The molecule has 0 bridgehead atoms. The van der Waals surface area contributed by atoms with Crippen LogP contribution in [0.2, 0.25) is 0 Å². The van der Waals surface area contributed by atoms with E-state index in [-0.39, 0.29) is 17.9 Å². The van der Waals surface area contributed by atoms with Gasteiger partial charge in [0.15, 0.2) is 0 Å². The summed E-state index contributed by atoms with van der Waals surface area (Å²) in [5, 5.41) is 11.2. The summed E-state index contributed by atoms with van der Waals surface area (Å²) in [6.07, 6.45) is 3.32. The predicted octanol–water partition coefficient (Wildman–Crippen LogP) is 4.74. The molecule has 3 aromatic rings. The van der Waals surface area contributed by atoms with Crippen LogP contribution in [0.25, 0.3) is 5.76 Å². The summed E-state index contributed by atoms with van der Waals surface area (Å²) in [6, 6.07) is 19.1. The van der Waals surface area contributed by atoms with Crippen molar-refractivity contribution in [2.45, 2.75) is 26.4 Å². The fourth-order valence-corrected chi connectivity index (χ4v) is 3.86. The average molecular weight is 443 g/mol. The van der Waals surface area contributed by atoms with Gasteiger partial charge in [-0.05, 0) is 35.2 Å². The number of pyridine rings is 1. The zero-order chi connectivity index (χ0) is 23.4. The maximum absolute atomic E-state index is 13.1. The molecule has 0 aliphatic carbocycles. The number of ketones is 1. The summed E-state index contributed by atoms with van der Waals surface area (Å²) in [5.41, 5.74) is 2.03. The van der Waals surface area contributed by atoms with Crippen LogP contribution in [0.15, 0.2) is 84.7 Å². The minimum absolute atomic E-state index is 0.0658. The van der Waals surface area contributed by atoms with E-state index in [9.17, 15) is 14.7 Å². The number of likely N-dealkylation sites (tertiary alicyclic amines) is 1. The van der Waals surface area contributed by atoms with Crippen molar-refractivity contribution >= 4 is 17.4 Å². The molecule has 1 aliphatic rings. The van der Waals surface area contributed by atoms with Crippen LogP contribution in [-0.2, 0) is 16.1 Å². The van der Waals surface area contributed by atoms with Gasteiger partial charge in [-0.3, -0.25) is 14.6 Å². The van der Waals surface area contributed by atoms with Crippen molar-refractivity contribution in [3.05, 3.63) is 101 Å². The van der Waals surface area contributed by atoms with Crippen LogP contribution in [-0.4, -0.2) is 33.3 Å². The van der Waals surface area contributed by atoms with E-state index < -0.39 is 17.7 Å². The number of aliphatic hydroxyl groups is 1. The predicted molar refractivity (Wildman–Crippen MR) is 125 cm³/mol. The van der Waals surface area contributed by atoms with Crippen LogP contribution in [0.4, 0.5) is 0 Å². The van der Waals surface area contributed by atoms with Crippen molar-refractivity contribution in [2.75, 3.05) is 6.61 Å². The van der Waals surface area contributed by atoms with Gasteiger partial charge in [0, 0.05) is 24.5 Å². The van der Waals surface area contributed by atoms with Gasteiger partial charge in [0.25, 0.3) is 11.7 Å². The highest BCUT2D eigenvalue weighted by Crippen LogP contribution is 2.40. The second-order valence-corrected chi connectivity index (χ2v) is 8.43. The van der Waals surface area contributed by atoms with E-state index >= 15 is 0 Å². The molecule has 6 heteroatoms. The number of carbonyl (C=O) groups excluding carboxylic acids is 2. The molecule has 0 spiro atoms. The molecule has 2 heterocycles. The number of ether oxygens (including phenoxy) is 1. The largest absolute Gasteiger partial charge is 0.507 e. The second-order valence-electron chi connectivity index (χ2n) is 8.43. The first-order chi connectivity index (χ1) is 16.0. The Bertz CT molecular complexity index is 1170. The molecule has 1 unspecified atom stereocenters. The highest BCUT2D eigenvalue weighted by atomic mass is 16.5. The molecule has 1 aliphatic heterocycles. The lowest BCUT2D eigenvalue weighted by Crippen LogP contribution is -2.29. The van der Waals surface area contributed by atoms with Crippen molar-refractivity contribution in [1.82, 2.24) is 9.88 Å². The molecule has 0 saturated carbocycles. The number of aromatic nitrogens is 1. The van der Waals surface area contributed by atoms with E-state index in [1.54, 1.807) is 42.7 Å². The van der Waals surface area contributed by atoms with E-state index in [1.165, 1.54) is 4.90 Å². The number of hydrogen-bond donors (Lipinski definition) is 1. The van der Waals surface area contributed by atoms with Crippen LogP contribution in [0, 0.1) is 5.92 Å². The summed E-state index contributed by atoms with van der Waals surface area (Å²) in [5.74, 6) is -0.641. The zero-order valence-electron chi connectivity index (χ0n) is 18.6. The molecule has 1 aromatic heterocycles. The van der Waals surface area contributed by atoms with Crippen molar-refractivity contribution in [3.8, 4) is 5.75 Å². The van der Waals surface area contributed by atoms with Crippen LogP contribution in [0.1, 0.15) is 36.6 Å². The zero-order valence-corrected chi connectivity index (χ0v) is 18.6. The fourth-order valence-electron chi connectivity index (χ4n) is 3.86. The quantitative estimate of drug-likeness (QED) is 0.325. The lowest BCUT2D eigenvalue weighted by molar-refractivity contribution is -0.140. The minimum Gasteiger partial charge on any atom is -0.507 e. The van der Waals surface area contributed by atoms with Gasteiger partial charge in [0.2, 0.25) is 0 Å². The molecule has 1 N–H and O–H groups in total. The third-order valence-electron chi connectivity index (χ3n) is 5.42. The lowest BCUT2D eigenvalue weighted by Gasteiger charge is -2.25. The molecule has 2 aromatic carbocycles. The molecular formula is C27H26N2O4. The van der Waals surface area contributed by atoms with Crippen molar-refractivity contribution in [2.24, 2.45) is 5.92 Å². The molecule has 168 valence electrons. The maximum atomic E-state index is 13.1. The van der Waals surface area contributed by atoms with E-state index in [4.69, 9.17) is 4.74 Å². The summed E-state index contributed by atoms with van der Waals surface area (Å²) in [4.78, 5) is 31.8. The normalized spacial score (nSPS) is 17.5. The Labute approximate surface area is 193 Å². The van der Waals surface area contributed by atoms with E-state index in [2.05, 4.69) is 4.98 Å². The van der Waals surface area contributed by atoms with E-state index in [0.29, 0.717) is 23.8 Å². The van der Waals surface area contributed by atoms with Gasteiger partial charge in [-0.2, -0.15) is 0 Å². The highest BCUT2D eigenvalue weighted by Gasteiger charge is 2.46. The Hall–Kier alpha value is -3.93. The van der Waals surface area contributed by atoms with Gasteiger partial charge in [-0.1, -0.05) is 62.4 Å². The van der Waals surface area contributed by atoms with E-state index in [0.717, 1.165) is 11.1 Å². The molecule has 4 rings (SSSR count). The molecule has 0 radical (unpaired) electrons. The topological polar surface area (TPSA) is 79.7 Å². The molecule has 33 heavy (non-hydrogen) atoms. The lowest BCUT2D eigenvalue weighted by atomic mass is 9.95. The Morgan fingerprint density at radius 2 is 1.85 bits per heavy atom. The Morgan fingerprint density at radius 3 is 2.55 bits per heavy atom. The summed E-state index contributed by atoms with van der Waals surface area (Å²) in [7, 11) is 0. The summed E-state index contributed by atoms with van der Waals surface area (Å²) >= 11 is 0. The van der Waals surface area contributed by atoms with Gasteiger partial charge >= 0.3 is 0 Å². The van der Waals surface area contributed by atoms with Crippen molar-refractivity contribution in [1.29, 1.82) is 0 Å². The highest BCUT2D eigenvalue weighted by molar-refractivity contribution is 6.46. The van der Waals surface area contributed by atoms with Gasteiger partial charge in [-0.25, -0.2) is 0 Å². The van der Waals surface area contributed by atoms with Crippen LogP contribution in [0.5, 0.6) is 5.75 Å².